The summed E-state index contributed by atoms with van der Waals surface area (Å²) in [5.74, 6) is 7.15. The molecular formula is C38H26O2. The van der Waals surface area contributed by atoms with Gasteiger partial charge in [0.15, 0.2) is 0 Å². The number of para-hydroxylation sites is 2. The van der Waals surface area contributed by atoms with Crippen LogP contribution in [0.4, 0.5) is 0 Å². The maximum Gasteiger partial charge on any atom is 0.131 e. The lowest BCUT2D eigenvalue weighted by molar-refractivity contribution is 0.479. The standard InChI is InChI=1S/C38H26O2/c39-37-33(27-13-3-1-4-14-27)21-11-23-35(37)31-19-9-7-17-29(31)25-26-30-18-8-10-20-32(30)36-24-12-22-34(38(36)40)28-15-5-2-6-16-28/h1-24,39-40H. The van der Waals surface area contributed by atoms with Crippen LogP contribution in [0, 0.1) is 11.8 Å². The largest absolute Gasteiger partial charge is 0.507 e. The van der Waals surface area contributed by atoms with Crippen LogP contribution in [0.2, 0.25) is 0 Å². The molecule has 0 amide bonds. The van der Waals surface area contributed by atoms with Crippen molar-refractivity contribution in [2.24, 2.45) is 0 Å². The third-order valence-electron chi connectivity index (χ3n) is 7.01. The summed E-state index contributed by atoms with van der Waals surface area (Å²) >= 11 is 0. The first-order chi connectivity index (χ1) is 19.7. The Kier molecular flexibility index (Phi) is 6.86. The van der Waals surface area contributed by atoms with Crippen molar-refractivity contribution < 1.29 is 10.2 Å². The summed E-state index contributed by atoms with van der Waals surface area (Å²) in [5.41, 5.74) is 8.25. The fourth-order valence-corrected chi connectivity index (χ4v) is 5.01. The van der Waals surface area contributed by atoms with Crippen molar-refractivity contribution in [3.8, 4) is 67.8 Å². The average Bonchev–Trinajstić information content (AvgIpc) is 3.02. The predicted octanol–water partition coefficient (Wildman–Crippen LogP) is 9.17. The normalized spacial score (nSPS) is 10.5. The summed E-state index contributed by atoms with van der Waals surface area (Å²) in [6.45, 7) is 0. The van der Waals surface area contributed by atoms with Crippen LogP contribution < -0.4 is 0 Å². The Balaban J connectivity index is 1.42. The first-order valence-electron chi connectivity index (χ1n) is 13.2. The molecule has 0 atom stereocenters. The van der Waals surface area contributed by atoms with Gasteiger partial charge in [-0.15, -0.1) is 0 Å². The average molecular weight is 515 g/mol. The van der Waals surface area contributed by atoms with E-state index in [0.717, 1.165) is 55.6 Å². The minimum Gasteiger partial charge on any atom is -0.507 e. The van der Waals surface area contributed by atoms with E-state index in [9.17, 15) is 10.2 Å². The van der Waals surface area contributed by atoms with E-state index in [2.05, 4.69) is 11.8 Å². The van der Waals surface area contributed by atoms with E-state index in [1.54, 1.807) is 0 Å². The highest BCUT2D eigenvalue weighted by atomic mass is 16.3. The van der Waals surface area contributed by atoms with Crippen LogP contribution in [0.15, 0.2) is 146 Å². The number of hydrogen-bond donors (Lipinski definition) is 2. The number of phenolic OH excluding ortho intramolecular Hbond substituents is 2. The first kappa shape index (κ1) is 24.8. The highest BCUT2D eigenvalue weighted by molar-refractivity contribution is 5.86. The van der Waals surface area contributed by atoms with E-state index in [1.807, 2.05) is 146 Å². The van der Waals surface area contributed by atoms with Crippen LogP contribution >= 0.6 is 0 Å². The number of phenols is 2. The number of benzene rings is 6. The van der Waals surface area contributed by atoms with Crippen molar-refractivity contribution in [1.29, 1.82) is 0 Å². The van der Waals surface area contributed by atoms with Gasteiger partial charge in [0.1, 0.15) is 11.5 Å². The Morgan fingerprint density at radius 3 is 1.05 bits per heavy atom. The van der Waals surface area contributed by atoms with Gasteiger partial charge in [-0.2, -0.15) is 0 Å². The van der Waals surface area contributed by atoms with Crippen molar-refractivity contribution in [2.45, 2.75) is 0 Å². The molecular weight excluding hydrogens is 488 g/mol. The summed E-state index contributed by atoms with van der Waals surface area (Å²) in [6.07, 6.45) is 0. The van der Waals surface area contributed by atoms with E-state index in [1.165, 1.54) is 0 Å². The molecule has 6 rings (SSSR count). The molecule has 0 aliphatic heterocycles. The lowest BCUT2D eigenvalue weighted by Crippen LogP contribution is -1.89. The Hall–Kier alpha value is -5.52. The predicted molar refractivity (Wildman–Crippen MR) is 164 cm³/mol. The van der Waals surface area contributed by atoms with Gasteiger partial charge < -0.3 is 10.2 Å². The third-order valence-corrected chi connectivity index (χ3v) is 7.01. The molecule has 0 saturated carbocycles. The summed E-state index contributed by atoms with van der Waals surface area (Å²) in [6, 6.07) is 47.1. The fourth-order valence-electron chi connectivity index (χ4n) is 5.01. The van der Waals surface area contributed by atoms with Gasteiger partial charge >= 0.3 is 0 Å². The summed E-state index contributed by atoms with van der Waals surface area (Å²) in [4.78, 5) is 0. The highest BCUT2D eigenvalue weighted by Gasteiger charge is 2.14. The molecule has 6 aromatic rings. The molecule has 0 spiro atoms. The van der Waals surface area contributed by atoms with E-state index in [4.69, 9.17) is 0 Å². The van der Waals surface area contributed by atoms with Crippen LogP contribution in [0.25, 0.3) is 44.5 Å². The second kappa shape index (κ2) is 11.1. The summed E-state index contributed by atoms with van der Waals surface area (Å²) in [5, 5.41) is 22.5. The molecule has 0 aliphatic rings. The zero-order valence-electron chi connectivity index (χ0n) is 21.8. The summed E-state index contributed by atoms with van der Waals surface area (Å²) < 4.78 is 0. The van der Waals surface area contributed by atoms with Gasteiger partial charge in [-0.3, -0.25) is 0 Å². The van der Waals surface area contributed by atoms with Crippen molar-refractivity contribution in [3.05, 3.63) is 157 Å². The smallest absolute Gasteiger partial charge is 0.131 e. The zero-order chi connectivity index (χ0) is 27.3. The van der Waals surface area contributed by atoms with Crippen LogP contribution in [0.1, 0.15) is 11.1 Å². The summed E-state index contributed by atoms with van der Waals surface area (Å²) in [7, 11) is 0. The Bertz CT molecular complexity index is 1720. The van der Waals surface area contributed by atoms with Gasteiger partial charge in [0.05, 0.1) is 0 Å². The molecule has 0 aliphatic carbocycles. The van der Waals surface area contributed by atoms with E-state index >= 15 is 0 Å². The Morgan fingerprint density at radius 1 is 0.300 bits per heavy atom. The van der Waals surface area contributed by atoms with Gasteiger partial charge in [0.2, 0.25) is 0 Å². The molecule has 2 N–H and O–H groups in total. The van der Waals surface area contributed by atoms with Gasteiger partial charge in [-0.25, -0.2) is 0 Å². The van der Waals surface area contributed by atoms with Crippen LogP contribution in [-0.2, 0) is 0 Å². The van der Waals surface area contributed by atoms with E-state index < -0.39 is 0 Å². The maximum absolute atomic E-state index is 11.3. The minimum atomic E-state index is 0.228. The molecule has 6 aromatic carbocycles. The molecule has 0 radical (unpaired) electrons. The SMILES string of the molecule is Oc1c(-c2ccccc2)cccc1-c1ccccc1C#Cc1ccccc1-c1cccc(-c2ccccc2)c1O. The topological polar surface area (TPSA) is 40.5 Å². The lowest BCUT2D eigenvalue weighted by atomic mass is 9.93. The maximum atomic E-state index is 11.3. The molecule has 0 aromatic heterocycles. The quantitative estimate of drug-likeness (QED) is 0.230. The second-order valence-electron chi connectivity index (χ2n) is 9.48. The fraction of sp³-hybridized carbons (Fsp3) is 0. The van der Waals surface area contributed by atoms with Crippen molar-refractivity contribution >= 4 is 0 Å². The number of aromatic hydroxyl groups is 2. The highest BCUT2D eigenvalue weighted by Crippen LogP contribution is 2.40. The van der Waals surface area contributed by atoms with Crippen LogP contribution in [-0.4, -0.2) is 10.2 Å². The first-order valence-corrected chi connectivity index (χ1v) is 13.2. The molecule has 40 heavy (non-hydrogen) atoms. The zero-order valence-corrected chi connectivity index (χ0v) is 21.8. The molecule has 190 valence electrons. The van der Waals surface area contributed by atoms with E-state index in [0.29, 0.717) is 0 Å². The Labute approximate surface area is 234 Å². The van der Waals surface area contributed by atoms with Gasteiger partial charge in [0, 0.05) is 44.5 Å². The molecule has 0 saturated heterocycles. The second-order valence-corrected chi connectivity index (χ2v) is 9.48. The van der Waals surface area contributed by atoms with Crippen LogP contribution in [0.5, 0.6) is 11.5 Å². The van der Waals surface area contributed by atoms with Crippen molar-refractivity contribution in [1.82, 2.24) is 0 Å². The third kappa shape index (κ3) is 4.85. The number of hydrogen-bond acceptors (Lipinski definition) is 2. The van der Waals surface area contributed by atoms with Gasteiger partial charge in [-0.05, 0) is 23.3 Å². The van der Waals surface area contributed by atoms with Crippen molar-refractivity contribution in [2.75, 3.05) is 0 Å². The van der Waals surface area contributed by atoms with Crippen molar-refractivity contribution in [3.63, 3.8) is 0 Å². The molecule has 0 heterocycles. The van der Waals surface area contributed by atoms with Gasteiger partial charge in [0.25, 0.3) is 0 Å². The van der Waals surface area contributed by atoms with Gasteiger partial charge in [-0.1, -0.05) is 145 Å². The van der Waals surface area contributed by atoms with E-state index in [-0.39, 0.29) is 11.5 Å². The lowest BCUT2D eigenvalue weighted by Gasteiger charge is -2.12. The Morgan fingerprint density at radius 2 is 0.625 bits per heavy atom. The monoisotopic (exact) mass is 514 g/mol. The molecule has 2 nitrogen and oxygen atoms in total. The molecule has 0 unspecified atom stereocenters. The molecule has 0 bridgehead atoms. The minimum absolute atomic E-state index is 0.228. The molecule has 0 fully saturated rings. The van der Waals surface area contributed by atoms with Crippen LogP contribution in [0.3, 0.4) is 0 Å². The number of rotatable bonds is 4. The molecule has 2 heteroatoms.